The van der Waals surface area contributed by atoms with Gasteiger partial charge in [0.1, 0.15) is 18.2 Å². The SMILES string of the molecule is C=CC/C(Cl)=C\C.C=O.CNCC(O)C(=O)O.Cc1ccc([C@@H](C)N2C(=O)C(/C=C/C(C)Cl)=NC23CCC(C(C)(C)C)CC3)cc1. The van der Waals surface area contributed by atoms with Gasteiger partial charge in [-0.2, -0.15) is 0 Å². The van der Waals surface area contributed by atoms with Crippen LogP contribution < -0.4 is 5.32 Å². The number of benzene rings is 1. The summed E-state index contributed by atoms with van der Waals surface area (Å²) in [7, 11) is 1.58. The third-order valence-electron chi connectivity index (χ3n) is 8.03. The van der Waals surface area contributed by atoms with Gasteiger partial charge in [-0.15, -0.1) is 18.2 Å². The molecule has 46 heavy (non-hydrogen) atoms. The molecule has 1 saturated carbocycles. The van der Waals surface area contributed by atoms with Crippen LogP contribution in [-0.4, -0.2) is 70.2 Å². The predicted octanol–water partition coefficient (Wildman–Crippen LogP) is 7.63. The second kappa shape index (κ2) is 21.2. The molecule has 2 aliphatic rings. The van der Waals surface area contributed by atoms with Gasteiger partial charge in [-0.3, -0.25) is 9.79 Å². The Bertz CT molecular complexity index is 1180. The Morgan fingerprint density at radius 2 is 1.74 bits per heavy atom. The summed E-state index contributed by atoms with van der Waals surface area (Å²) < 4.78 is 0. The van der Waals surface area contributed by atoms with Crippen LogP contribution in [0.1, 0.15) is 90.8 Å². The van der Waals surface area contributed by atoms with Gasteiger partial charge in [-0.1, -0.05) is 80.4 Å². The van der Waals surface area contributed by atoms with E-state index in [0.717, 1.165) is 42.7 Å². The van der Waals surface area contributed by atoms with Crippen molar-refractivity contribution >= 4 is 47.6 Å². The molecule has 1 fully saturated rings. The molecule has 3 rings (SSSR count). The molecule has 1 spiro atoms. The van der Waals surface area contributed by atoms with Crippen molar-refractivity contribution in [3.8, 4) is 0 Å². The van der Waals surface area contributed by atoms with Crippen LogP contribution in [0.2, 0.25) is 0 Å². The number of nitrogens with one attached hydrogen (secondary N) is 1. The van der Waals surface area contributed by atoms with Gasteiger partial charge in [-0.25, -0.2) is 4.79 Å². The number of nitrogens with zero attached hydrogens (tertiary/aromatic N) is 2. The van der Waals surface area contributed by atoms with Crippen molar-refractivity contribution in [1.29, 1.82) is 0 Å². The zero-order valence-electron chi connectivity index (χ0n) is 28.9. The molecule has 10 heteroatoms. The van der Waals surface area contributed by atoms with Crippen LogP contribution in [0.25, 0.3) is 0 Å². The van der Waals surface area contributed by atoms with E-state index in [1.165, 1.54) is 5.56 Å². The Hall–Kier alpha value is -2.78. The van der Waals surface area contributed by atoms with E-state index >= 15 is 0 Å². The lowest BCUT2D eigenvalue weighted by molar-refractivity contribution is -0.146. The molecule has 3 atom stereocenters. The van der Waals surface area contributed by atoms with Crippen molar-refractivity contribution < 1.29 is 24.6 Å². The molecule has 1 aromatic rings. The molecule has 0 saturated heterocycles. The summed E-state index contributed by atoms with van der Waals surface area (Å²) in [6.45, 7) is 20.6. The molecular formula is C36H55Cl2N3O5. The maximum Gasteiger partial charge on any atom is 0.333 e. The number of carboxylic acid groups (broad SMARTS) is 1. The van der Waals surface area contributed by atoms with E-state index in [-0.39, 0.29) is 29.3 Å². The summed E-state index contributed by atoms with van der Waals surface area (Å²) in [4.78, 5) is 38.3. The van der Waals surface area contributed by atoms with E-state index in [9.17, 15) is 9.59 Å². The number of likely N-dealkylation sites (N-methyl/N-ethyl adjacent to an activating group) is 1. The number of carbonyl (C=O) groups excluding carboxylic acids is 2. The minimum absolute atomic E-state index is 0.0163. The van der Waals surface area contributed by atoms with Gasteiger partial charge >= 0.3 is 5.97 Å². The second-order valence-corrected chi connectivity index (χ2v) is 13.7. The Morgan fingerprint density at radius 3 is 2.11 bits per heavy atom. The number of alkyl halides is 1. The van der Waals surface area contributed by atoms with E-state index in [4.69, 9.17) is 43.2 Å². The number of hydrogen-bond acceptors (Lipinski definition) is 6. The van der Waals surface area contributed by atoms with E-state index in [2.05, 4.69) is 75.7 Å². The first-order chi connectivity index (χ1) is 21.5. The lowest BCUT2D eigenvalue weighted by Gasteiger charge is -2.46. The number of rotatable bonds is 9. The molecule has 2 unspecified atom stereocenters. The molecule has 1 aliphatic heterocycles. The van der Waals surface area contributed by atoms with Crippen molar-refractivity contribution in [3.05, 3.63) is 71.3 Å². The fourth-order valence-corrected chi connectivity index (χ4v) is 5.52. The zero-order chi connectivity index (χ0) is 35.7. The molecule has 1 amide bonds. The number of aryl methyl sites for hydroxylation is 1. The first-order valence-corrected chi connectivity index (χ1v) is 16.4. The number of carbonyl (C=O) groups is 3. The highest BCUT2D eigenvalue weighted by molar-refractivity contribution is 6.45. The third kappa shape index (κ3) is 13.9. The first-order valence-electron chi connectivity index (χ1n) is 15.6. The fourth-order valence-electron chi connectivity index (χ4n) is 5.34. The van der Waals surface area contributed by atoms with Gasteiger partial charge in [0.05, 0.1) is 6.04 Å². The molecule has 1 heterocycles. The lowest BCUT2D eigenvalue weighted by atomic mass is 9.69. The first kappa shape index (κ1) is 43.2. The van der Waals surface area contributed by atoms with Crippen LogP contribution in [-0.2, 0) is 14.4 Å². The van der Waals surface area contributed by atoms with Crippen molar-refractivity contribution in [3.63, 3.8) is 0 Å². The summed E-state index contributed by atoms with van der Waals surface area (Å²) in [6, 6.07) is 8.49. The smallest absolute Gasteiger partial charge is 0.333 e. The molecule has 1 aromatic carbocycles. The van der Waals surface area contributed by atoms with Gasteiger partial charge in [0, 0.05) is 23.4 Å². The van der Waals surface area contributed by atoms with Crippen molar-refractivity contribution in [1.82, 2.24) is 10.2 Å². The Labute approximate surface area is 286 Å². The molecule has 3 N–H and O–H groups in total. The Morgan fingerprint density at radius 1 is 1.20 bits per heavy atom. The van der Waals surface area contributed by atoms with Crippen molar-refractivity contribution in [2.45, 2.75) is 104 Å². The number of aliphatic hydroxyl groups excluding tert-OH is 1. The Kier molecular flexibility index (Phi) is 19.9. The van der Waals surface area contributed by atoms with Crippen LogP contribution in [0.3, 0.4) is 0 Å². The van der Waals surface area contributed by atoms with Crippen molar-refractivity contribution in [2.24, 2.45) is 16.3 Å². The average Bonchev–Trinajstić information content (AvgIpc) is 3.27. The number of aliphatic imine (C=N–C) groups is 1. The maximum atomic E-state index is 13.5. The number of amides is 1. The van der Waals surface area contributed by atoms with Crippen LogP contribution in [0.4, 0.5) is 0 Å². The normalized spacial score (nSPS) is 21.5. The lowest BCUT2D eigenvalue weighted by Crippen LogP contribution is -2.50. The predicted molar refractivity (Wildman–Crippen MR) is 192 cm³/mol. The Balaban J connectivity index is 0.000000983. The average molecular weight is 681 g/mol. The maximum absolute atomic E-state index is 13.5. The van der Waals surface area contributed by atoms with Gasteiger partial charge < -0.3 is 25.2 Å². The standard InChI is InChI=1S/C25H35ClN2O.C6H9Cl.C4H9NO3.CH2O/c1-17-7-10-20(11-8-17)19(3)28-23(29)22(12-9-18(2)26)27-25(28)15-13-21(14-16-25)24(4,5)6;1-3-5-6(7)4-2;1-5-2-3(6)4(7)8;1-2/h7-12,18-19,21H,13-16H2,1-6H3;3-4H,1,5H2,2H3;3,5-6H,2H2,1H3,(H,7,8);1H2/b12-9+;6-4+;;/t18?,19-,21?,25?;;;/m1.../s1. The number of hydrogen-bond donors (Lipinski definition) is 3. The molecule has 0 aromatic heterocycles. The fraction of sp³-hybridized carbons (Fsp3) is 0.556. The molecular weight excluding hydrogens is 625 g/mol. The van der Waals surface area contributed by atoms with Crippen molar-refractivity contribution in [2.75, 3.05) is 13.6 Å². The molecule has 0 bridgehead atoms. The minimum Gasteiger partial charge on any atom is -0.479 e. The minimum atomic E-state index is -1.28. The molecule has 1 aliphatic carbocycles. The van der Waals surface area contributed by atoms with Crippen LogP contribution in [0.5, 0.6) is 0 Å². The molecule has 258 valence electrons. The van der Waals surface area contributed by atoms with E-state index < -0.39 is 17.7 Å². The quantitative estimate of drug-likeness (QED) is 0.182. The molecule has 0 radical (unpaired) electrons. The van der Waals surface area contributed by atoms with Gasteiger partial charge in [0.25, 0.3) is 5.91 Å². The summed E-state index contributed by atoms with van der Waals surface area (Å²) >= 11 is 11.6. The zero-order valence-corrected chi connectivity index (χ0v) is 30.4. The molecule has 8 nitrogen and oxygen atoms in total. The highest BCUT2D eigenvalue weighted by Crippen LogP contribution is 2.48. The summed E-state index contributed by atoms with van der Waals surface area (Å²) in [6.07, 6.45) is 10.9. The van der Waals surface area contributed by atoms with Crippen LogP contribution in [0.15, 0.2) is 65.2 Å². The largest absolute Gasteiger partial charge is 0.479 e. The van der Waals surface area contributed by atoms with Gasteiger partial charge in [0.2, 0.25) is 0 Å². The topological polar surface area (TPSA) is 119 Å². The number of halogens is 2. The number of aliphatic hydroxyl groups is 1. The van der Waals surface area contributed by atoms with E-state index in [1.54, 1.807) is 13.1 Å². The highest BCUT2D eigenvalue weighted by atomic mass is 35.5. The van der Waals surface area contributed by atoms with E-state index in [1.807, 2.05) is 38.9 Å². The number of allylic oxidation sites excluding steroid dienone is 4. The number of carboxylic acids is 1. The second-order valence-electron chi connectivity index (χ2n) is 12.6. The summed E-state index contributed by atoms with van der Waals surface area (Å²) in [5.74, 6) is -0.502. The summed E-state index contributed by atoms with van der Waals surface area (Å²) in [5, 5.41) is 19.7. The monoisotopic (exact) mass is 679 g/mol. The number of aliphatic carboxylic acids is 1. The summed E-state index contributed by atoms with van der Waals surface area (Å²) in [5.41, 5.74) is 2.79. The van der Waals surface area contributed by atoms with Crippen LogP contribution >= 0.6 is 23.2 Å². The third-order valence-corrected chi connectivity index (χ3v) is 8.55. The van der Waals surface area contributed by atoms with Crippen LogP contribution in [0, 0.1) is 18.3 Å². The van der Waals surface area contributed by atoms with Gasteiger partial charge in [-0.05, 0) is 83.4 Å². The van der Waals surface area contributed by atoms with E-state index in [0.29, 0.717) is 11.6 Å². The highest BCUT2D eigenvalue weighted by Gasteiger charge is 2.51. The van der Waals surface area contributed by atoms with Gasteiger partial charge in [0.15, 0.2) is 6.10 Å².